The number of rotatable bonds is 3. The number of piperidine rings is 1. The second kappa shape index (κ2) is 6.23. The summed E-state index contributed by atoms with van der Waals surface area (Å²) in [4.78, 5) is 12.1. The van der Waals surface area contributed by atoms with E-state index in [0.29, 0.717) is 18.6 Å². The number of esters is 1. The molecular weight excluding hydrogens is 242 g/mol. The smallest absolute Gasteiger partial charge is 0.323 e. The van der Waals surface area contributed by atoms with Gasteiger partial charge in [-0.1, -0.05) is 12.8 Å². The molecule has 1 saturated carbocycles. The van der Waals surface area contributed by atoms with Gasteiger partial charge in [-0.05, 0) is 38.0 Å². The van der Waals surface area contributed by atoms with Crippen molar-refractivity contribution >= 4 is 5.97 Å². The molecule has 0 amide bonds. The standard InChI is InChI=1S/C15H25NO3/c17-15(19-10-11-7-8-18-9-11)14-6-5-12-3-1-2-4-13(12)16-14/h11-14,16H,1-10H2. The molecule has 0 radical (unpaired) electrons. The van der Waals surface area contributed by atoms with Crippen LogP contribution in [-0.4, -0.2) is 37.9 Å². The van der Waals surface area contributed by atoms with E-state index in [2.05, 4.69) is 5.32 Å². The molecule has 1 N–H and O–H groups in total. The molecule has 0 spiro atoms. The van der Waals surface area contributed by atoms with Crippen molar-refractivity contribution in [3.8, 4) is 0 Å². The Bertz CT molecular complexity index is 315. The Kier molecular flexibility index (Phi) is 4.38. The van der Waals surface area contributed by atoms with Crippen LogP contribution in [0.2, 0.25) is 0 Å². The van der Waals surface area contributed by atoms with E-state index in [9.17, 15) is 4.79 Å². The lowest BCUT2D eigenvalue weighted by atomic mass is 9.78. The van der Waals surface area contributed by atoms with Crippen molar-refractivity contribution in [2.75, 3.05) is 19.8 Å². The summed E-state index contributed by atoms with van der Waals surface area (Å²) in [6.07, 6.45) is 8.37. The zero-order chi connectivity index (χ0) is 13.1. The summed E-state index contributed by atoms with van der Waals surface area (Å²) < 4.78 is 10.8. The van der Waals surface area contributed by atoms with Gasteiger partial charge in [-0.15, -0.1) is 0 Å². The fraction of sp³-hybridized carbons (Fsp3) is 0.933. The quantitative estimate of drug-likeness (QED) is 0.793. The lowest BCUT2D eigenvalue weighted by molar-refractivity contribution is -0.149. The Balaban J connectivity index is 1.44. The molecule has 1 aliphatic carbocycles. The van der Waals surface area contributed by atoms with E-state index < -0.39 is 0 Å². The van der Waals surface area contributed by atoms with Gasteiger partial charge in [0.15, 0.2) is 0 Å². The van der Waals surface area contributed by atoms with Crippen LogP contribution in [0.3, 0.4) is 0 Å². The van der Waals surface area contributed by atoms with Crippen LogP contribution in [0.4, 0.5) is 0 Å². The molecule has 4 nitrogen and oxygen atoms in total. The van der Waals surface area contributed by atoms with E-state index in [1.165, 1.54) is 32.1 Å². The van der Waals surface area contributed by atoms with Crippen LogP contribution < -0.4 is 5.32 Å². The summed E-state index contributed by atoms with van der Waals surface area (Å²) in [6, 6.07) is 0.483. The van der Waals surface area contributed by atoms with Crippen molar-refractivity contribution < 1.29 is 14.3 Å². The van der Waals surface area contributed by atoms with Gasteiger partial charge in [-0.25, -0.2) is 0 Å². The van der Waals surface area contributed by atoms with Gasteiger partial charge in [0.25, 0.3) is 0 Å². The highest BCUT2D eigenvalue weighted by Gasteiger charge is 2.35. The van der Waals surface area contributed by atoms with Crippen LogP contribution in [-0.2, 0) is 14.3 Å². The van der Waals surface area contributed by atoms with Crippen molar-refractivity contribution in [2.24, 2.45) is 11.8 Å². The predicted octanol–water partition coefficient (Wildman–Crippen LogP) is 1.88. The largest absolute Gasteiger partial charge is 0.464 e. The number of carbonyl (C=O) groups excluding carboxylic acids is 1. The molecule has 4 unspecified atom stereocenters. The molecule has 4 heteroatoms. The molecule has 2 aliphatic heterocycles. The predicted molar refractivity (Wildman–Crippen MR) is 71.8 cm³/mol. The molecule has 0 bridgehead atoms. The highest BCUT2D eigenvalue weighted by Crippen LogP contribution is 2.32. The number of nitrogens with one attached hydrogen (secondary N) is 1. The molecule has 2 saturated heterocycles. The number of ether oxygens (including phenoxy) is 2. The molecule has 0 aromatic heterocycles. The van der Waals surface area contributed by atoms with Crippen molar-refractivity contribution in [3.63, 3.8) is 0 Å². The summed E-state index contributed by atoms with van der Waals surface area (Å²) in [5.41, 5.74) is 0. The normalized spacial score (nSPS) is 38.7. The molecule has 2 heterocycles. The summed E-state index contributed by atoms with van der Waals surface area (Å²) >= 11 is 0. The van der Waals surface area contributed by atoms with Crippen LogP contribution in [0, 0.1) is 11.8 Å². The van der Waals surface area contributed by atoms with Gasteiger partial charge in [0, 0.05) is 18.6 Å². The van der Waals surface area contributed by atoms with Crippen LogP contribution >= 0.6 is 0 Å². The third kappa shape index (κ3) is 3.29. The van der Waals surface area contributed by atoms with Gasteiger partial charge in [0.05, 0.1) is 13.2 Å². The second-order valence-electron chi connectivity index (χ2n) is 6.31. The average molecular weight is 267 g/mol. The lowest BCUT2D eigenvalue weighted by Crippen LogP contribution is -2.52. The van der Waals surface area contributed by atoms with Crippen LogP contribution in [0.25, 0.3) is 0 Å². The van der Waals surface area contributed by atoms with Gasteiger partial charge in [0.1, 0.15) is 6.04 Å². The number of hydrogen-bond acceptors (Lipinski definition) is 4. The molecular formula is C15H25NO3. The SMILES string of the molecule is O=C(OCC1CCOC1)C1CCC2CCCCC2N1. The molecule has 0 aromatic rings. The minimum atomic E-state index is -0.0679. The highest BCUT2D eigenvalue weighted by atomic mass is 16.5. The monoisotopic (exact) mass is 267 g/mol. The second-order valence-corrected chi connectivity index (χ2v) is 6.31. The Labute approximate surface area is 115 Å². The first-order valence-electron chi connectivity index (χ1n) is 7.83. The third-order valence-electron chi connectivity index (χ3n) is 4.92. The molecule has 19 heavy (non-hydrogen) atoms. The Morgan fingerprint density at radius 1 is 1.16 bits per heavy atom. The zero-order valence-electron chi connectivity index (χ0n) is 11.6. The molecule has 0 aromatic carbocycles. The summed E-state index contributed by atoms with van der Waals surface area (Å²) in [5, 5.41) is 3.52. The van der Waals surface area contributed by atoms with Gasteiger partial charge in [-0.2, -0.15) is 0 Å². The van der Waals surface area contributed by atoms with E-state index in [1.54, 1.807) is 0 Å². The van der Waals surface area contributed by atoms with Crippen molar-refractivity contribution in [1.82, 2.24) is 5.32 Å². The van der Waals surface area contributed by atoms with Gasteiger partial charge in [0.2, 0.25) is 0 Å². The molecule has 3 aliphatic rings. The van der Waals surface area contributed by atoms with E-state index in [0.717, 1.165) is 32.0 Å². The molecule has 3 fully saturated rings. The van der Waals surface area contributed by atoms with E-state index >= 15 is 0 Å². The van der Waals surface area contributed by atoms with Crippen LogP contribution in [0.5, 0.6) is 0 Å². The van der Waals surface area contributed by atoms with Crippen molar-refractivity contribution in [1.29, 1.82) is 0 Å². The Hall–Kier alpha value is -0.610. The fourth-order valence-corrected chi connectivity index (χ4v) is 3.70. The first kappa shape index (κ1) is 13.4. The van der Waals surface area contributed by atoms with E-state index in [1.807, 2.05) is 0 Å². The minimum Gasteiger partial charge on any atom is -0.464 e. The maximum Gasteiger partial charge on any atom is 0.323 e. The maximum absolute atomic E-state index is 12.1. The minimum absolute atomic E-state index is 0.0454. The Morgan fingerprint density at radius 3 is 2.89 bits per heavy atom. The average Bonchev–Trinajstić information content (AvgIpc) is 2.97. The topological polar surface area (TPSA) is 47.6 Å². The number of fused-ring (bicyclic) bond motifs is 1. The third-order valence-corrected chi connectivity index (χ3v) is 4.92. The van der Waals surface area contributed by atoms with E-state index in [4.69, 9.17) is 9.47 Å². The first-order valence-corrected chi connectivity index (χ1v) is 7.83. The highest BCUT2D eigenvalue weighted by molar-refractivity contribution is 5.76. The molecule has 4 atom stereocenters. The molecule has 3 rings (SSSR count). The van der Waals surface area contributed by atoms with Crippen LogP contribution in [0.15, 0.2) is 0 Å². The zero-order valence-corrected chi connectivity index (χ0v) is 11.6. The van der Waals surface area contributed by atoms with Gasteiger partial charge >= 0.3 is 5.97 Å². The van der Waals surface area contributed by atoms with Gasteiger partial charge < -0.3 is 14.8 Å². The summed E-state index contributed by atoms with van der Waals surface area (Å²) in [5.74, 6) is 1.16. The van der Waals surface area contributed by atoms with Gasteiger partial charge in [-0.3, -0.25) is 4.79 Å². The summed E-state index contributed by atoms with van der Waals surface area (Å²) in [6.45, 7) is 2.09. The van der Waals surface area contributed by atoms with Crippen molar-refractivity contribution in [2.45, 2.75) is 57.0 Å². The van der Waals surface area contributed by atoms with Crippen molar-refractivity contribution in [3.05, 3.63) is 0 Å². The number of hydrogen-bond donors (Lipinski definition) is 1. The van der Waals surface area contributed by atoms with Crippen LogP contribution in [0.1, 0.15) is 44.9 Å². The first-order chi connectivity index (χ1) is 9.33. The molecule has 108 valence electrons. The fourth-order valence-electron chi connectivity index (χ4n) is 3.70. The summed E-state index contributed by atoms with van der Waals surface area (Å²) in [7, 11) is 0. The lowest BCUT2D eigenvalue weighted by Gasteiger charge is -2.39. The number of carbonyl (C=O) groups is 1. The Morgan fingerprint density at radius 2 is 2.05 bits per heavy atom. The van der Waals surface area contributed by atoms with E-state index in [-0.39, 0.29) is 12.0 Å². The maximum atomic E-state index is 12.1.